The zero-order valence-electron chi connectivity index (χ0n) is 17.1. The molecule has 1 fully saturated rings. The van der Waals surface area contributed by atoms with E-state index in [4.69, 9.17) is 4.74 Å². The van der Waals surface area contributed by atoms with E-state index in [1.54, 1.807) is 0 Å². The fraction of sp³-hybridized carbons (Fsp3) is 0.480. The van der Waals surface area contributed by atoms with Crippen LogP contribution in [0.3, 0.4) is 0 Å². The van der Waals surface area contributed by atoms with Gasteiger partial charge in [-0.1, -0.05) is 48.5 Å². The van der Waals surface area contributed by atoms with E-state index in [0.29, 0.717) is 19.1 Å². The molecule has 0 amide bonds. The van der Waals surface area contributed by atoms with Gasteiger partial charge in [0.05, 0.1) is 12.5 Å². The molecule has 4 nitrogen and oxygen atoms in total. The first-order chi connectivity index (χ1) is 14.2. The molecule has 0 unspecified atom stereocenters. The lowest BCUT2D eigenvalue weighted by molar-refractivity contribution is -0.143. The molecule has 2 aliphatic rings. The third-order valence-electron chi connectivity index (χ3n) is 6.48. The summed E-state index contributed by atoms with van der Waals surface area (Å²) in [6.45, 7) is 3.85. The summed E-state index contributed by atoms with van der Waals surface area (Å²) < 4.78 is 6.02. The van der Waals surface area contributed by atoms with Crippen LogP contribution in [0.15, 0.2) is 48.5 Å². The second-order valence-electron chi connectivity index (χ2n) is 8.33. The first-order valence-corrected chi connectivity index (χ1v) is 10.9. The average Bonchev–Trinajstić information content (AvgIpc) is 2.91. The number of ether oxygens (including phenoxy) is 1. The Morgan fingerprint density at radius 1 is 1.00 bits per heavy atom. The van der Waals surface area contributed by atoms with Gasteiger partial charge in [-0.05, 0) is 60.9 Å². The topological polar surface area (TPSA) is 49.8 Å². The maximum Gasteiger partial charge on any atom is 0.307 e. The number of carbonyl (C=O) groups is 1. The molecule has 0 spiro atoms. The van der Waals surface area contributed by atoms with E-state index in [0.717, 1.165) is 51.8 Å². The van der Waals surface area contributed by atoms with Crippen LogP contribution in [0.5, 0.6) is 0 Å². The molecular weight excluding hydrogens is 362 g/mol. The summed E-state index contributed by atoms with van der Waals surface area (Å²) >= 11 is 0. The molecule has 2 aromatic rings. The van der Waals surface area contributed by atoms with E-state index >= 15 is 0 Å². The van der Waals surface area contributed by atoms with E-state index in [9.17, 15) is 9.90 Å². The van der Waals surface area contributed by atoms with Gasteiger partial charge >= 0.3 is 5.97 Å². The second-order valence-corrected chi connectivity index (χ2v) is 8.33. The summed E-state index contributed by atoms with van der Waals surface area (Å²) in [5, 5.41) is 9.24. The number of hydrogen-bond donors (Lipinski definition) is 1. The number of fused-ring (bicyclic) bond motifs is 2. The van der Waals surface area contributed by atoms with E-state index in [2.05, 4.69) is 53.4 Å². The molecule has 0 bridgehead atoms. The van der Waals surface area contributed by atoms with Gasteiger partial charge in [0.1, 0.15) is 0 Å². The molecule has 1 aliphatic heterocycles. The first-order valence-electron chi connectivity index (χ1n) is 10.9. The zero-order chi connectivity index (χ0) is 20.1. The summed E-state index contributed by atoms with van der Waals surface area (Å²) in [4.78, 5) is 13.5. The Kier molecular flexibility index (Phi) is 6.63. The van der Waals surface area contributed by atoms with Crippen LogP contribution < -0.4 is 0 Å². The fourth-order valence-electron chi connectivity index (χ4n) is 4.91. The van der Waals surface area contributed by atoms with E-state index in [-0.39, 0.29) is 5.92 Å². The lowest BCUT2D eigenvalue weighted by atomic mass is 9.86. The van der Waals surface area contributed by atoms with Gasteiger partial charge in [-0.2, -0.15) is 0 Å². The Morgan fingerprint density at radius 3 is 2.31 bits per heavy atom. The Bertz CT molecular complexity index is 787. The molecule has 0 radical (unpaired) electrons. The maximum absolute atomic E-state index is 11.2. The summed E-state index contributed by atoms with van der Waals surface area (Å²) in [6, 6.07) is 17.7. The van der Waals surface area contributed by atoms with Gasteiger partial charge in [-0.3, -0.25) is 4.79 Å². The van der Waals surface area contributed by atoms with Gasteiger partial charge in [0, 0.05) is 25.6 Å². The van der Waals surface area contributed by atoms with Crippen molar-refractivity contribution in [3.8, 4) is 0 Å². The molecule has 1 atom stereocenters. The monoisotopic (exact) mass is 393 g/mol. The minimum Gasteiger partial charge on any atom is -0.481 e. The number of rotatable bonds is 7. The molecule has 154 valence electrons. The molecule has 4 rings (SSSR count). The minimum atomic E-state index is -0.665. The van der Waals surface area contributed by atoms with Crippen molar-refractivity contribution in [3.05, 3.63) is 70.8 Å². The summed E-state index contributed by atoms with van der Waals surface area (Å²) in [6.07, 6.45) is 4.94. The van der Waals surface area contributed by atoms with Crippen LogP contribution >= 0.6 is 0 Å². The number of carboxylic acids is 1. The molecule has 29 heavy (non-hydrogen) atoms. The van der Waals surface area contributed by atoms with Crippen molar-refractivity contribution in [2.45, 2.75) is 38.0 Å². The second kappa shape index (κ2) is 9.55. The maximum atomic E-state index is 11.2. The van der Waals surface area contributed by atoms with Crippen molar-refractivity contribution in [1.29, 1.82) is 0 Å². The van der Waals surface area contributed by atoms with Gasteiger partial charge in [0.2, 0.25) is 0 Å². The van der Waals surface area contributed by atoms with Crippen LogP contribution in [0.4, 0.5) is 0 Å². The Labute approximate surface area is 173 Å². The van der Waals surface area contributed by atoms with Crippen molar-refractivity contribution in [2.75, 3.05) is 32.8 Å². The molecule has 1 N–H and O–H groups in total. The van der Waals surface area contributed by atoms with Crippen LogP contribution in [-0.2, 0) is 22.4 Å². The van der Waals surface area contributed by atoms with Gasteiger partial charge < -0.3 is 14.7 Å². The highest BCUT2D eigenvalue weighted by Crippen LogP contribution is 2.36. The number of aryl methyl sites for hydroxylation is 2. The Hall–Kier alpha value is -2.17. The number of hydrogen-bond acceptors (Lipinski definition) is 3. The molecule has 2 aromatic carbocycles. The minimum absolute atomic E-state index is 0.220. The lowest BCUT2D eigenvalue weighted by Crippen LogP contribution is -2.40. The van der Waals surface area contributed by atoms with Gasteiger partial charge in [0.25, 0.3) is 0 Å². The van der Waals surface area contributed by atoms with Crippen LogP contribution in [0.2, 0.25) is 0 Å². The normalized spacial score (nSPS) is 19.9. The zero-order valence-corrected chi connectivity index (χ0v) is 17.1. The quantitative estimate of drug-likeness (QED) is 0.719. The SMILES string of the molecule is O=C(O)[C@@H]1CCCN(CCOCCC2c3ccccc3CCc3ccccc32)C1. The van der Waals surface area contributed by atoms with E-state index < -0.39 is 5.97 Å². The van der Waals surface area contributed by atoms with Crippen molar-refractivity contribution < 1.29 is 14.6 Å². The molecule has 1 heterocycles. The number of benzene rings is 2. The number of nitrogens with zero attached hydrogens (tertiary/aromatic N) is 1. The van der Waals surface area contributed by atoms with Crippen molar-refractivity contribution in [3.63, 3.8) is 0 Å². The van der Waals surface area contributed by atoms with Gasteiger partial charge in [-0.15, -0.1) is 0 Å². The van der Waals surface area contributed by atoms with E-state index in [1.165, 1.54) is 22.3 Å². The van der Waals surface area contributed by atoms with Crippen LogP contribution in [0.1, 0.15) is 47.4 Å². The Morgan fingerprint density at radius 2 is 1.66 bits per heavy atom. The Balaban J connectivity index is 1.33. The number of piperidine rings is 1. The van der Waals surface area contributed by atoms with Gasteiger partial charge in [-0.25, -0.2) is 0 Å². The van der Waals surface area contributed by atoms with Crippen LogP contribution in [0.25, 0.3) is 0 Å². The highest BCUT2D eigenvalue weighted by Gasteiger charge is 2.25. The van der Waals surface area contributed by atoms with Crippen molar-refractivity contribution >= 4 is 5.97 Å². The third-order valence-corrected chi connectivity index (χ3v) is 6.48. The molecule has 0 saturated carbocycles. The lowest BCUT2D eigenvalue weighted by Gasteiger charge is -2.30. The summed E-state index contributed by atoms with van der Waals surface area (Å²) in [7, 11) is 0. The summed E-state index contributed by atoms with van der Waals surface area (Å²) in [5.41, 5.74) is 5.81. The van der Waals surface area contributed by atoms with Crippen molar-refractivity contribution in [1.82, 2.24) is 4.90 Å². The first kappa shape index (κ1) is 20.1. The highest BCUT2D eigenvalue weighted by molar-refractivity contribution is 5.70. The van der Waals surface area contributed by atoms with Gasteiger partial charge in [0.15, 0.2) is 0 Å². The van der Waals surface area contributed by atoms with E-state index in [1.807, 2.05) is 0 Å². The molecule has 1 aliphatic carbocycles. The molecule has 4 heteroatoms. The van der Waals surface area contributed by atoms with Crippen LogP contribution in [-0.4, -0.2) is 48.8 Å². The largest absolute Gasteiger partial charge is 0.481 e. The average molecular weight is 394 g/mol. The number of likely N-dealkylation sites (tertiary alicyclic amines) is 1. The predicted molar refractivity (Wildman–Crippen MR) is 114 cm³/mol. The predicted octanol–water partition coefficient (Wildman–Crippen LogP) is 4.12. The van der Waals surface area contributed by atoms with Crippen molar-refractivity contribution in [2.24, 2.45) is 5.92 Å². The third kappa shape index (κ3) is 4.88. The smallest absolute Gasteiger partial charge is 0.307 e. The molecule has 1 saturated heterocycles. The standard InChI is InChI=1S/C25H31NO3/c27-25(28)21-8-5-14-26(18-21)15-17-29-16-13-24-22-9-3-1-6-19(22)11-12-20-7-2-4-10-23(20)24/h1-4,6-7,9-10,21,24H,5,8,11-18H2,(H,27,28)/t21-/m1/s1. The number of carboxylic acid groups (broad SMARTS) is 1. The fourth-order valence-corrected chi connectivity index (χ4v) is 4.91. The number of aliphatic carboxylic acids is 1. The van der Waals surface area contributed by atoms with Crippen LogP contribution in [0, 0.1) is 5.92 Å². The molecular formula is C25H31NO3. The summed E-state index contributed by atoms with van der Waals surface area (Å²) in [5.74, 6) is -0.500. The highest BCUT2D eigenvalue weighted by atomic mass is 16.5. The molecule has 0 aromatic heterocycles.